The second-order valence-electron chi connectivity index (χ2n) is 5.23. The van der Waals surface area contributed by atoms with Crippen LogP contribution in [0.4, 0.5) is 0 Å². The van der Waals surface area contributed by atoms with E-state index in [1.54, 1.807) is 29.6 Å². The normalized spacial score (nSPS) is 20.4. The molecular weight excluding hydrogens is 356 g/mol. The van der Waals surface area contributed by atoms with Crippen LogP contribution in [0.3, 0.4) is 0 Å². The Morgan fingerprint density at radius 3 is 2.86 bits per heavy atom. The van der Waals surface area contributed by atoms with Crippen LogP contribution in [0.5, 0.6) is 5.75 Å². The van der Waals surface area contributed by atoms with Gasteiger partial charge in [-0.25, -0.2) is 8.42 Å². The molecule has 21 heavy (non-hydrogen) atoms. The highest BCUT2D eigenvalue weighted by Crippen LogP contribution is 2.31. The first-order valence-corrected chi connectivity index (χ1v) is 9.20. The molecule has 1 fully saturated rings. The Bertz CT molecular complexity index is 590. The van der Waals surface area contributed by atoms with E-state index < -0.39 is 10.0 Å². The van der Waals surface area contributed by atoms with Crippen molar-refractivity contribution < 1.29 is 13.2 Å². The van der Waals surface area contributed by atoms with Crippen molar-refractivity contribution in [1.29, 1.82) is 0 Å². The van der Waals surface area contributed by atoms with Crippen LogP contribution in [0.15, 0.2) is 27.6 Å². The average Bonchev–Trinajstić information content (AvgIpc) is 2.47. The molecule has 5 nitrogen and oxygen atoms in total. The summed E-state index contributed by atoms with van der Waals surface area (Å²) in [6.45, 7) is 2.00. The molecule has 0 bridgehead atoms. The van der Waals surface area contributed by atoms with Gasteiger partial charge in [-0.15, -0.1) is 0 Å². The standard InChI is InChI=1S/C14H21BrN2O3S/c1-16-9-11-4-3-7-17(10-11)21(18,19)14-6-5-12(20-2)8-13(14)15/h5-6,8,11,16H,3-4,7,9-10H2,1-2H3. The number of halogens is 1. The molecule has 1 aromatic carbocycles. The molecule has 0 spiro atoms. The van der Waals surface area contributed by atoms with Gasteiger partial charge in [-0.05, 0) is 66.5 Å². The topological polar surface area (TPSA) is 58.6 Å². The molecule has 1 heterocycles. The van der Waals surface area contributed by atoms with Crippen LogP contribution in [0, 0.1) is 5.92 Å². The molecule has 2 rings (SSSR count). The Kier molecular flexibility index (Phi) is 5.65. The van der Waals surface area contributed by atoms with Gasteiger partial charge < -0.3 is 10.1 Å². The molecule has 0 amide bonds. The summed E-state index contributed by atoms with van der Waals surface area (Å²) < 4.78 is 32.8. The summed E-state index contributed by atoms with van der Waals surface area (Å²) in [7, 11) is -0.0110. The number of hydrogen-bond acceptors (Lipinski definition) is 4. The monoisotopic (exact) mass is 376 g/mol. The Hall–Kier alpha value is -0.630. The summed E-state index contributed by atoms with van der Waals surface area (Å²) in [6, 6.07) is 4.95. The van der Waals surface area contributed by atoms with Crippen molar-refractivity contribution in [3.8, 4) is 5.75 Å². The van der Waals surface area contributed by atoms with E-state index >= 15 is 0 Å². The third-order valence-corrected chi connectivity index (χ3v) is 6.57. The molecule has 0 aromatic heterocycles. The zero-order valence-electron chi connectivity index (χ0n) is 12.3. The average molecular weight is 377 g/mol. The van der Waals surface area contributed by atoms with Gasteiger partial charge in [-0.3, -0.25) is 0 Å². The van der Waals surface area contributed by atoms with E-state index in [1.165, 1.54) is 0 Å². The molecule has 0 saturated carbocycles. The molecule has 118 valence electrons. The minimum atomic E-state index is -3.47. The lowest BCUT2D eigenvalue weighted by atomic mass is 10.00. The van der Waals surface area contributed by atoms with E-state index in [2.05, 4.69) is 21.2 Å². The van der Waals surface area contributed by atoms with Crippen molar-refractivity contribution in [2.75, 3.05) is 33.8 Å². The van der Waals surface area contributed by atoms with E-state index in [9.17, 15) is 8.42 Å². The number of benzene rings is 1. The molecule has 1 aliphatic heterocycles. The fourth-order valence-electron chi connectivity index (χ4n) is 2.66. The predicted molar refractivity (Wildman–Crippen MR) is 86.1 cm³/mol. The number of methoxy groups -OCH3 is 1. The highest BCUT2D eigenvalue weighted by molar-refractivity contribution is 9.10. The third-order valence-electron chi connectivity index (χ3n) is 3.73. The Balaban J connectivity index is 2.25. The van der Waals surface area contributed by atoms with Crippen LogP contribution < -0.4 is 10.1 Å². The van der Waals surface area contributed by atoms with Gasteiger partial charge in [0.15, 0.2) is 0 Å². The van der Waals surface area contributed by atoms with E-state index in [1.807, 2.05) is 7.05 Å². The minimum Gasteiger partial charge on any atom is -0.497 e. The second kappa shape index (κ2) is 7.09. The lowest BCUT2D eigenvalue weighted by molar-refractivity contribution is 0.263. The number of rotatable bonds is 5. The van der Waals surface area contributed by atoms with E-state index in [0.29, 0.717) is 34.1 Å². The van der Waals surface area contributed by atoms with Crippen molar-refractivity contribution in [2.45, 2.75) is 17.7 Å². The Morgan fingerprint density at radius 2 is 2.24 bits per heavy atom. The maximum Gasteiger partial charge on any atom is 0.244 e. The van der Waals surface area contributed by atoms with Gasteiger partial charge in [0.05, 0.1) is 12.0 Å². The molecule has 1 atom stereocenters. The SMILES string of the molecule is CNCC1CCCN(S(=O)(=O)c2ccc(OC)cc2Br)C1. The lowest BCUT2D eigenvalue weighted by Gasteiger charge is -2.32. The quantitative estimate of drug-likeness (QED) is 0.854. The molecule has 0 radical (unpaired) electrons. The zero-order valence-corrected chi connectivity index (χ0v) is 14.7. The number of sulfonamides is 1. The Morgan fingerprint density at radius 1 is 1.48 bits per heavy atom. The zero-order chi connectivity index (χ0) is 15.5. The second-order valence-corrected chi connectivity index (χ2v) is 7.99. The van der Waals surface area contributed by atoms with Crippen LogP contribution in [0.25, 0.3) is 0 Å². The number of ether oxygens (including phenoxy) is 1. The van der Waals surface area contributed by atoms with E-state index in [0.717, 1.165) is 19.4 Å². The minimum absolute atomic E-state index is 0.299. The van der Waals surface area contributed by atoms with Crippen LogP contribution >= 0.6 is 15.9 Å². The van der Waals surface area contributed by atoms with Gasteiger partial charge in [0.2, 0.25) is 10.0 Å². The van der Waals surface area contributed by atoms with Gasteiger partial charge in [0.1, 0.15) is 5.75 Å². The first-order valence-electron chi connectivity index (χ1n) is 6.97. The fourth-order valence-corrected chi connectivity index (χ4v) is 5.23. The predicted octanol–water partition coefficient (Wildman–Crippen LogP) is 2.08. The molecule has 1 saturated heterocycles. The van der Waals surface area contributed by atoms with Crippen molar-refractivity contribution in [1.82, 2.24) is 9.62 Å². The molecule has 1 unspecified atom stereocenters. The summed E-state index contributed by atoms with van der Waals surface area (Å²) in [5.74, 6) is 1.00. The van der Waals surface area contributed by atoms with Crippen molar-refractivity contribution in [3.63, 3.8) is 0 Å². The summed E-state index contributed by atoms with van der Waals surface area (Å²) in [5.41, 5.74) is 0. The van der Waals surface area contributed by atoms with Gasteiger partial charge in [-0.2, -0.15) is 4.31 Å². The Labute approximate surface area is 134 Å². The van der Waals surface area contributed by atoms with Crippen molar-refractivity contribution in [3.05, 3.63) is 22.7 Å². The molecule has 7 heteroatoms. The number of nitrogens with zero attached hydrogens (tertiary/aromatic N) is 1. The van der Waals surface area contributed by atoms with Crippen LogP contribution in [-0.2, 0) is 10.0 Å². The van der Waals surface area contributed by atoms with Crippen LogP contribution in [0.2, 0.25) is 0 Å². The first-order chi connectivity index (χ1) is 9.98. The van der Waals surface area contributed by atoms with Gasteiger partial charge in [0, 0.05) is 17.6 Å². The van der Waals surface area contributed by atoms with E-state index in [-0.39, 0.29) is 0 Å². The fraction of sp³-hybridized carbons (Fsp3) is 0.571. The maximum absolute atomic E-state index is 12.8. The smallest absolute Gasteiger partial charge is 0.244 e. The first kappa shape index (κ1) is 16.7. The van der Waals surface area contributed by atoms with Crippen molar-refractivity contribution >= 4 is 26.0 Å². The van der Waals surface area contributed by atoms with Crippen molar-refractivity contribution in [2.24, 2.45) is 5.92 Å². The lowest BCUT2D eigenvalue weighted by Crippen LogP contribution is -2.42. The van der Waals surface area contributed by atoms with Crippen LogP contribution in [-0.4, -0.2) is 46.5 Å². The summed E-state index contributed by atoms with van der Waals surface area (Å²) in [6.07, 6.45) is 1.97. The van der Waals surface area contributed by atoms with Gasteiger partial charge in [0.25, 0.3) is 0 Å². The van der Waals surface area contributed by atoms with Gasteiger partial charge >= 0.3 is 0 Å². The number of nitrogens with one attached hydrogen (secondary N) is 1. The molecule has 1 N–H and O–H groups in total. The number of piperidine rings is 1. The van der Waals surface area contributed by atoms with E-state index in [4.69, 9.17) is 4.74 Å². The third kappa shape index (κ3) is 3.77. The van der Waals surface area contributed by atoms with Crippen LogP contribution in [0.1, 0.15) is 12.8 Å². The molecule has 1 aliphatic rings. The highest BCUT2D eigenvalue weighted by atomic mass is 79.9. The largest absolute Gasteiger partial charge is 0.497 e. The number of hydrogen-bond donors (Lipinski definition) is 1. The summed E-state index contributed by atoms with van der Waals surface area (Å²) in [4.78, 5) is 0.299. The molecule has 0 aliphatic carbocycles. The maximum atomic E-state index is 12.8. The molecule has 1 aromatic rings. The summed E-state index contributed by atoms with van der Waals surface area (Å²) >= 11 is 3.34. The highest BCUT2D eigenvalue weighted by Gasteiger charge is 2.31. The summed E-state index contributed by atoms with van der Waals surface area (Å²) in [5, 5.41) is 3.13. The van der Waals surface area contributed by atoms with Gasteiger partial charge in [-0.1, -0.05) is 0 Å². The molecular formula is C14H21BrN2O3S.